The van der Waals surface area contributed by atoms with Crippen molar-refractivity contribution in [3.05, 3.63) is 45.6 Å². The topological polar surface area (TPSA) is 0 Å². The Kier molecular flexibility index (Phi) is 1.61. The van der Waals surface area contributed by atoms with E-state index < -0.39 is 0 Å². The molecule has 0 fully saturated rings. The Morgan fingerprint density at radius 2 is 1.14 bits per heavy atom. The zero-order chi connectivity index (χ0) is 9.71. The van der Waals surface area contributed by atoms with E-state index >= 15 is 0 Å². The van der Waals surface area contributed by atoms with E-state index in [2.05, 4.69) is 26.0 Å². The lowest BCUT2D eigenvalue weighted by atomic mass is 9.88. The standard InChI is InChI=1S/C14H16/c1-9-3-11-7-13-5-10(2)6-14(13)8-12(11)4-9/h3,6H,4-5,7-8H2,1-2H3. The highest BCUT2D eigenvalue weighted by Gasteiger charge is 2.24. The van der Waals surface area contributed by atoms with Crippen LogP contribution < -0.4 is 0 Å². The molecule has 0 radical (unpaired) electrons. The van der Waals surface area contributed by atoms with E-state index in [0.717, 1.165) is 0 Å². The molecule has 3 rings (SSSR count). The first-order valence-corrected chi connectivity index (χ1v) is 5.48. The van der Waals surface area contributed by atoms with Gasteiger partial charge in [-0.25, -0.2) is 0 Å². The SMILES string of the molecule is CC1=CC2=C(C1)CC1=C(CC(C)=C1)C2. The smallest absolute Gasteiger partial charge is 0.00582 e. The van der Waals surface area contributed by atoms with Crippen LogP contribution >= 0.6 is 0 Å². The molecule has 0 atom stereocenters. The molecule has 0 N–H and O–H groups in total. The summed E-state index contributed by atoms with van der Waals surface area (Å²) >= 11 is 0. The summed E-state index contributed by atoms with van der Waals surface area (Å²) in [5, 5.41) is 0. The van der Waals surface area contributed by atoms with Crippen LogP contribution in [0.5, 0.6) is 0 Å². The van der Waals surface area contributed by atoms with Crippen molar-refractivity contribution < 1.29 is 0 Å². The van der Waals surface area contributed by atoms with Gasteiger partial charge in [-0.05, 0) is 50.7 Å². The first-order valence-electron chi connectivity index (χ1n) is 5.48. The van der Waals surface area contributed by atoms with Gasteiger partial charge in [-0.15, -0.1) is 0 Å². The summed E-state index contributed by atoms with van der Waals surface area (Å²) in [6.45, 7) is 4.51. The van der Waals surface area contributed by atoms with Gasteiger partial charge in [0.1, 0.15) is 0 Å². The third-order valence-electron chi connectivity index (χ3n) is 3.54. The Morgan fingerprint density at radius 3 is 1.57 bits per heavy atom. The highest BCUT2D eigenvalue weighted by molar-refractivity contribution is 5.53. The molecule has 72 valence electrons. The third kappa shape index (κ3) is 1.13. The van der Waals surface area contributed by atoms with Crippen LogP contribution in [0.25, 0.3) is 0 Å². The van der Waals surface area contributed by atoms with Gasteiger partial charge in [-0.3, -0.25) is 0 Å². The molecule has 3 aliphatic carbocycles. The zero-order valence-corrected chi connectivity index (χ0v) is 8.98. The number of allylic oxidation sites excluding steroid dienone is 8. The maximum atomic E-state index is 2.41. The van der Waals surface area contributed by atoms with Crippen LogP contribution in [0.15, 0.2) is 45.6 Å². The Morgan fingerprint density at radius 1 is 0.714 bits per heavy atom. The van der Waals surface area contributed by atoms with Gasteiger partial charge in [0.05, 0.1) is 0 Å². The van der Waals surface area contributed by atoms with Gasteiger partial charge < -0.3 is 0 Å². The first-order chi connectivity index (χ1) is 6.72. The molecule has 0 bridgehead atoms. The van der Waals surface area contributed by atoms with Crippen molar-refractivity contribution in [1.82, 2.24) is 0 Å². The van der Waals surface area contributed by atoms with E-state index in [4.69, 9.17) is 0 Å². The quantitative estimate of drug-likeness (QED) is 0.532. The van der Waals surface area contributed by atoms with Gasteiger partial charge in [0.15, 0.2) is 0 Å². The van der Waals surface area contributed by atoms with Gasteiger partial charge >= 0.3 is 0 Å². The van der Waals surface area contributed by atoms with Gasteiger partial charge in [-0.2, -0.15) is 0 Å². The van der Waals surface area contributed by atoms with Crippen LogP contribution in [0.3, 0.4) is 0 Å². The predicted octanol–water partition coefficient (Wildman–Crippen LogP) is 4.07. The fourth-order valence-electron chi connectivity index (χ4n) is 2.97. The molecule has 14 heavy (non-hydrogen) atoms. The molecular formula is C14H16. The van der Waals surface area contributed by atoms with Crippen molar-refractivity contribution in [2.45, 2.75) is 39.5 Å². The fraction of sp³-hybridized carbons (Fsp3) is 0.429. The van der Waals surface area contributed by atoms with Crippen LogP contribution in [0, 0.1) is 0 Å². The van der Waals surface area contributed by atoms with E-state index in [-0.39, 0.29) is 0 Å². The Hall–Kier alpha value is -1.04. The van der Waals surface area contributed by atoms with Crippen molar-refractivity contribution >= 4 is 0 Å². The molecule has 0 amide bonds. The second kappa shape index (κ2) is 2.73. The van der Waals surface area contributed by atoms with E-state index in [1.165, 1.54) is 25.7 Å². The van der Waals surface area contributed by atoms with Crippen molar-refractivity contribution in [3.63, 3.8) is 0 Å². The summed E-state index contributed by atoms with van der Waals surface area (Å²) in [4.78, 5) is 0. The van der Waals surface area contributed by atoms with E-state index in [1.54, 1.807) is 33.4 Å². The Balaban J connectivity index is 1.89. The summed E-state index contributed by atoms with van der Waals surface area (Å²) in [5.41, 5.74) is 9.74. The monoisotopic (exact) mass is 184 g/mol. The van der Waals surface area contributed by atoms with Crippen LogP contribution in [0.4, 0.5) is 0 Å². The minimum atomic E-state index is 1.23. The second-order valence-corrected chi connectivity index (χ2v) is 4.95. The highest BCUT2D eigenvalue weighted by atomic mass is 14.3. The third-order valence-corrected chi connectivity index (χ3v) is 3.54. The van der Waals surface area contributed by atoms with Crippen molar-refractivity contribution in [1.29, 1.82) is 0 Å². The van der Waals surface area contributed by atoms with Crippen LogP contribution in [0.2, 0.25) is 0 Å². The Labute approximate surface area is 85.7 Å². The largest absolute Gasteiger partial charge is 0.0690 e. The summed E-state index contributed by atoms with van der Waals surface area (Å²) in [6.07, 6.45) is 9.75. The van der Waals surface area contributed by atoms with Gasteiger partial charge in [0.25, 0.3) is 0 Å². The minimum absolute atomic E-state index is 1.23. The van der Waals surface area contributed by atoms with Crippen LogP contribution in [0.1, 0.15) is 39.5 Å². The van der Waals surface area contributed by atoms with E-state index in [1.807, 2.05) is 0 Å². The second-order valence-electron chi connectivity index (χ2n) is 4.95. The predicted molar refractivity (Wildman–Crippen MR) is 60.0 cm³/mol. The maximum absolute atomic E-state index is 2.41. The summed E-state index contributed by atoms with van der Waals surface area (Å²) in [5.74, 6) is 0. The molecule has 0 unspecified atom stereocenters. The Bertz CT molecular complexity index is 383. The summed E-state index contributed by atoms with van der Waals surface area (Å²) in [7, 11) is 0. The van der Waals surface area contributed by atoms with Crippen molar-refractivity contribution in [2.75, 3.05) is 0 Å². The lowest BCUT2D eigenvalue weighted by molar-refractivity contribution is 0.933. The number of rotatable bonds is 0. The van der Waals surface area contributed by atoms with Crippen LogP contribution in [-0.2, 0) is 0 Å². The van der Waals surface area contributed by atoms with E-state index in [9.17, 15) is 0 Å². The molecule has 0 saturated heterocycles. The molecule has 0 aliphatic heterocycles. The molecule has 0 spiro atoms. The van der Waals surface area contributed by atoms with Crippen molar-refractivity contribution in [3.8, 4) is 0 Å². The molecule has 0 aromatic rings. The lowest BCUT2D eigenvalue weighted by Gasteiger charge is -2.16. The van der Waals surface area contributed by atoms with Gasteiger partial charge in [-0.1, -0.05) is 34.4 Å². The minimum Gasteiger partial charge on any atom is -0.0690 e. The van der Waals surface area contributed by atoms with Crippen molar-refractivity contribution in [2.24, 2.45) is 0 Å². The molecule has 0 saturated carbocycles. The average molecular weight is 184 g/mol. The summed E-state index contributed by atoms with van der Waals surface area (Å²) in [6, 6.07) is 0. The highest BCUT2D eigenvalue weighted by Crippen LogP contribution is 2.43. The maximum Gasteiger partial charge on any atom is -0.00582 e. The molecular weight excluding hydrogens is 168 g/mol. The van der Waals surface area contributed by atoms with Gasteiger partial charge in [0, 0.05) is 0 Å². The molecule has 0 heteroatoms. The molecule has 0 nitrogen and oxygen atoms in total. The van der Waals surface area contributed by atoms with Crippen LogP contribution in [-0.4, -0.2) is 0 Å². The normalized spacial score (nSPS) is 25.0. The average Bonchev–Trinajstić information content (AvgIpc) is 2.59. The molecule has 0 aromatic heterocycles. The number of hydrogen-bond donors (Lipinski definition) is 0. The molecule has 0 heterocycles. The van der Waals surface area contributed by atoms with E-state index in [0.29, 0.717) is 0 Å². The van der Waals surface area contributed by atoms with Gasteiger partial charge in [0.2, 0.25) is 0 Å². The molecule has 0 aromatic carbocycles. The number of hydrogen-bond acceptors (Lipinski definition) is 0. The zero-order valence-electron chi connectivity index (χ0n) is 8.98. The molecule has 3 aliphatic rings. The fourth-order valence-corrected chi connectivity index (χ4v) is 2.97. The lowest BCUT2D eigenvalue weighted by Crippen LogP contribution is -1.98. The summed E-state index contributed by atoms with van der Waals surface area (Å²) < 4.78 is 0. The first kappa shape index (κ1) is 8.28.